The molecule has 1 N–H and O–H groups in total. The maximum absolute atomic E-state index is 13.8. The molecule has 0 aliphatic rings. The molecule has 0 radical (unpaired) electrons. The normalized spacial score (nSPS) is 12.0. The van der Waals surface area contributed by atoms with Gasteiger partial charge in [0, 0.05) is 13.1 Å². The smallest absolute Gasteiger partial charge is 0.264 e. The summed E-state index contributed by atoms with van der Waals surface area (Å²) in [5.74, 6) is -0.838. The van der Waals surface area contributed by atoms with Gasteiger partial charge in [-0.3, -0.25) is 13.9 Å². The third kappa shape index (κ3) is 7.11. The van der Waals surface area contributed by atoms with Crippen LogP contribution < -0.4 is 9.62 Å². The van der Waals surface area contributed by atoms with Crippen LogP contribution in [0.15, 0.2) is 83.8 Å². The van der Waals surface area contributed by atoms with Crippen LogP contribution in [-0.2, 0) is 26.2 Å². The Balaban J connectivity index is 2.02. The van der Waals surface area contributed by atoms with E-state index in [-0.39, 0.29) is 28.1 Å². The number of hydrogen-bond acceptors (Lipinski definition) is 4. The van der Waals surface area contributed by atoms with E-state index in [1.807, 2.05) is 44.2 Å². The van der Waals surface area contributed by atoms with E-state index in [0.29, 0.717) is 6.54 Å². The summed E-state index contributed by atoms with van der Waals surface area (Å²) in [4.78, 5) is 28.1. The fourth-order valence-corrected chi connectivity index (χ4v) is 5.48. The largest absolute Gasteiger partial charge is 0.354 e. The Labute approximate surface area is 224 Å². The lowest BCUT2D eigenvalue weighted by atomic mass is 10.1. The maximum Gasteiger partial charge on any atom is 0.264 e. The van der Waals surface area contributed by atoms with Gasteiger partial charge in [0.15, 0.2) is 0 Å². The average Bonchev–Trinajstić information content (AvgIpc) is 2.89. The highest BCUT2D eigenvalue weighted by molar-refractivity contribution is 7.92. The Morgan fingerprint density at radius 1 is 0.946 bits per heavy atom. The van der Waals surface area contributed by atoms with Crippen LogP contribution in [0.2, 0.25) is 5.02 Å². The third-order valence-corrected chi connectivity index (χ3v) is 8.01. The van der Waals surface area contributed by atoms with E-state index >= 15 is 0 Å². The van der Waals surface area contributed by atoms with Gasteiger partial charge in [-0.15, -0.1) is 0 Å². The van der Waals surface area contributed by atoms with Gasteiger partial charge < -0.3 is 10.2 Å². The number of hydrogen-bond donors (Lipinski definition) is 1. The van der Waals surface area contributed by atoms with Gasteiger partial charge in [-0.25, -0.2) is 8.42 Å². The SMILES string of the molecule is CCCNC(=O)[C@@H](C)N(Cc1ccccc1)C(=O)CN(c1ccccc1Cl)S(=O)(=O)c1ccc(C)cc1. The molecule has 3 rings (SSSR count). The van der Waals surface area contributed by atoms with Gasteiger partial charge in [0.25, 0.3) is 10.0 Å². The van der Waals surface area contributed by atoms with E-state index < -0.39 is 28.5 Å². The number of carbonyl (C=O) groups excluding carboxylic acids is 2. The molecule has 2 amide bonds. The van der Waals surface area contributed by atoms with Gasteiger partial charge in [0.1, 0.15) is 12.6 Å². The third-order valence-electron chi connectivity index (χ3n) is 5.92. The van der Waals surface area contributed by atoms with Crippen molar-refractivity contribution in [3.63, 3.8) is 0 Å². The van der Waals surface area contributed by atoms with E-state index in [0.717, 1.165) is 21.9 Å². The van der Waals surface area contributed by atoms with Crippen molar-refractivity contribution >= 4 is 39.1 Å². The Morgan fingerprint density at radius 2 is 1.57 bits per heavy atom. The summed E-state index contributed by atoms with van der Waals surface area (Å²) in [7, 11) is -4.15. The molecule has 3 aromatic carbocycles. The Bertz CT molecular complexity index is 1310. The van der Waals surface area contributed by atoms with Crippen molar-refractivity contribution < 1.29 is 18.0 Å². The van der Waals surface area contributed by atoms with E-state index in [9.17, 15) is 18.0 Å². The Hall–Kier alpha value is -3.36. The van der Waals surface area contributed by atoms with Crippen molar-refractivity contribution in [1.29, 1.82) is 0 Å². The first kappa shape index (κ1) is 28.2. The molecule has 3 aromatic rings. The first-order valence-electron chi connectivity index (χ1n) is 12.1. The van der Waals surface area contributed by atoms with Crippen LogP contribution in [0, 0.1) is 6.92 Å². The van der Waals surface area contributed by atoms with Gasteiger partial charge >= 0.3 is 0 Å². The first-order valence-corrected chi connectivity index (χ1v) is 13.9. The molecule has 7 nitrogen and oxygen atoms in total. The van der Waals surface area contributed by atoms with E-state index in [1.54, 1.807) is 43.3 Å². The molecule has 0 aromatic heterocycles. The summed E-state index contributed by atoms with van der Waals surface area (Å²) in [6, 6.07) is 21.3. The molecule has 0 saturated heterocycles. The second kappa shape index (κ2) is 12.7. The summed E-state index contributed by atoms with van der Waals surface area (Å²) in [6.07, 6.45) is 0.750. The molecule has 0 spiro atoms. The highest BCUT2D eigenvalue weighted by atomic mass is 35.5. The van der Waals surface area contributed by atoms with Crippen molar-refractivity contribution in [2.45, 2.75) is 44.7 Å². The van der Waals surface area contributed by atoms with Crippen molar-refractivity contribution in [3.05, 3.63) is 95.0 Å². The Morgan fingerprint density at radius 3 is 2.19 bits per heavy atom. The number of para-hydroxylation sites is 1. The standard InChI is InChI=1S/C28H32ClN3O4S/c1-4-18-30-28(34)22(3)31(19-23-10-6-5-7-11-23)27(33)20-32(26-13-9-8-12-25(26)29)37(35,36)24-16-14-21(2)15-17-24/h5-17,22H,4,18-20H2,1-3H3,(H,30,34)/t22-/m1/s1. The van der Waals surface area contributed by atoms with Crippen LogP contribution in [0.5, 0.6) is 0 Å². The lowest BCUT2D eigenvalue weighted by Gasteiger charge is -2.32. The lowest BCUT2D eigenvalue weighted by Crippen LogP contribution is -2.51. The predicted octanol–water partition coefficient (Wildman–Crippen LogP) is 4.79. The quantitative estimate of drug-likeness (QED) is 0.378. The minimum Gasteiger partial charge on any atom is -0.354 e. The van der Waals surface area contributed by atoms with Crippen molar-refractivity contribution in [2.24, 2.45) is 0 Å². The second-order valence-electron chi connectivity index (χ2n) is 8.75. The van der Waals surface area contributed by atoms with Gasteiger partial charge in [0.2, 0.25) is 11.8 Å². The Kier molecular flexibility index (Phi) is 9.72. The fraction of sp³-hybridized carbons (Fsp3) is 0.286. The molecule has 0 heterocycles. The zero-order chi connectivity index (χ0) is 27.0. The minimum atomic E-state index is -4.15. The molecule has 196 valence electrons. The lowest BCUT2D eigenvalue weighted by molar-refractivity contribution is -0.139. The number of sulfonamides is 1. The maximum atomic E-state index is 13.8. The summed E-state index contributed by atoms with van der Waals surface area (Å²) >= 11 is 6.41. The predicted molar refractivity (Wildman–Crippen MR) is 147 cm³/mol. The van der Waals surface area contributed by atoms with Crippen molar-refractivity contribution in [2.75, 3.05) is 17.4 Å². The minimum absolute atomic E-state index is 0.0363. The van der Waals surface area contributed by atoms with Gasteiger partial charge in [-0.2, -0.15) is 0 Å². The molecule has 1 atom stereocenters. The summed E-state index contributed by atoms with van der Waals surface area (Å²) in [5, 5.41) is 3.01. The van der Waals surface area contributed by atoms with Gasteiger partial charge in [-0.05, 0) is 50.1 Å². The second-order valence-corrected chi connectivity index (χ2v) is 11.0. The van der Waals surface area contributed by atoms with E-state index in [1.165, 1.54) is 17.0 Å². The van der Waals surface area contributed by atoms with E-state index in [2.05, 4.69) is 5.32 Å². The van der Waals surface area contributed by atoms with Crippen LogP contribution in [-0.4, -0.2) is 44.3 Å². The highest BCUT2D eigenvalue weighted by Gasteiger charge is 2.33. The van der Waals surface area contributed by atoms with E-state index in [4.69, 9.17) is 11.6 Å². The number of rotatable bonds is 11. The number of carbonyl (C=O) groups is 2. The number of amides is 2. The molecule has 9 heteroatoms. The molecule has 0 fully saturated rings. The molecule has 37 heavy (non-hydrogen) atoms. The molecule has 0 bridgehead atoms. The first-order chi connectivity index (χ1) is 17.6. The summed E-state index contributed by atoms with van der Waals surface area (Å²) < 4.78 is 28.6. The number of benzene rings is 3. The number of halogens is 1. The van der Waals surface area contributed by atoms with Crippen molar-refractivity contribution in [1.82, 2.24) is 10.2 Å². The average molecular weight is 542 g/mol. The number of nitrogens with one attached hydrogen (secondary N) is 1. The molecule has 0 aliphatic heterocycles. The number of nitrogens with zero attached hydrogens (tertiary/aromatic N) is 2. The monoisotopic (exact) mass is 541 g/mol. The molecular weight excluding hydrogens is 510 g/mol. The molecule has 0 aliphatic carbocycles. The molecular formula is C28H32ClN3O4S. The highest BCUT2D eigenvalue weighted by Crippen LogP contribution is 2.30. The van der Waals surface area contributed by atoms with Crippen LogP contribution in [0.3, 0.4) is 0 Å². The number of aryl methyl sites for hydroxylation is 1. The number of anilines is 1. The molecule has 0 unspecified atom stereocenters. The van der Waals surface area contributed by atoms with Crippen LogP contribution in [0.25, 0.3) is 0 Å². The van der Waals surface area contributed by atoms with Gasteiger partial charge in [-0.1, -0.05) is 78.7 Å². The zero-order valence-electron chi connectivity index (χ0n) is 21.2. The van der Waals surface area contributed by atoms with Gasteiger partial charge in [0.05, 0.1) is 15.6 Å². The summed E-state index contributed by atoms with van der Waals surface area (Å²) in [5.41, 5.74) is 1.90. The van der Waals surface area contributed by atoms with Crippen LogP contribution in [0.4, 0.5) is 5.69 Å². The zero-order valence-corrected chi connectivity index (χ0v) is 22.8. The fourth-order valence-electron chi connectivity index (χ4n) is 3.76. The van der Waals surface area contributed by atoms with Crippen LogP contribution >= 0.6 is 11.6 Å². The molecule has 0 saturated carbocycles. The summed E-state index contributed by atoms with van der Waals surface area (Å²) in [6.45, 7) is 5.52. The topological polar surface area (TPSA) is 86.8 Å². The van der Waals surface area contributed by atoms with Crippen molar-refractivity contribution in [3.8, 4) is 0 Å². The van der Waals surface area contributed by atoms with Crippen LogP contribution in [0.1, 0.15) is 31.4 Å².